The first-order chi connectivity index (χ1) is 6.35. The molecule has 0 bridgehead atoms. The van der Waals surface area contributed by atoms with Gasteiger partial charge in [0.2, 0.25) is 0 Å². The first-order valence-electron chi connectivity index (χ1n) is 5.51. The van der Waals surface area contributed by atoms with Crippen LogP contribution in [-0.4, -0.2) is 5.78 Å². The second kappa shape index (κ2) is 3.88. The third-order valence-corrected chi connectivity index (χ3v) is 4.00. The summed E-state index contributed by atoms with van der Waals surface area (Å²) in [5, 5.41) is 0. The molecule has 0 radical (unpaired) electrons. The van der Waals surface area contributed by atoms with E-state index >= 15 is 0 Å². The van der Waals surface area contributed by atoms with Gasteiger partial charge in [0.25, 0.3) is 0 Å². The molecule has 0 spiro atoms. The molecule has 0 saturated carbocycles. The molecular weight excluding hydrogens is 172 g/mol. The average Bonchev–Trinajstić information content (AvgIpc) is 2.06. The van der Waals surface area contributed by atoms with Crippen molar-refractivity contribution in [1.29, 1.82) is 0 Å². The molecule has 0 fully saturated rings. The summed E-state index contributed by atoms with van der Waals surface area (Å²) in [6, 6.07) is 0. The minimum atomic E-state index is 0.268. The van der Waals surface area contributed by atoms with Crippen molar-refractivity contribution in [3.63, 3.8) is 0 Å². The molecule has 1 heteroatoms. The standard InChI is InChI=1S/C13H22O/c1-9-6-7-10(2)13(4,5)12(9)8-11(3)14/h6,10,12H,7-8H2,1-5H3. The van der Waals surface area contributed by atoms with Crippen LogP contribution in [0.3, 0.4) is 0 Å². The summed E-state index contributed by atoms with van der Waals surface area (Å²) in [7, 11) is 0. The maximum atomic E-state index is 11.2. The molecule has 0 heterocycles. The number of rotatable bonds is 2. The summed E-state index contributed by atoms with van der Waals surface area (Å²) < 4.78 is 0. The summed E-state index contributed by atoms with van der Waals surface area (Å²) in [4.78, 5) is 11.2. The summed E-state index contributed by atoms with van der Waals surface area (Å²) in [6.07, 6.45) is 4.18. The molecule has 0 aromatic carbocycles. The number of allylic oxidation sites excluding steroid dienone is 2. The highest BCUT2D eigenvalue weighted by Gasteiger charge is 2.38. The topological polar surface area (TPSA) is 17.1 Å². The molecule has 0 N–H and O–H groups in total. The van der Waals surface area contributed by atoms with Crippen molar-refractivity contribution in [2.75, 3.05) is 0 Å². The molecule has 1 rings (SSSR count). The summed E-state index contributed by atoms with van der Waals surface area (Å²) in [5.41, 5.74) is 1.67. The van der Waals surface area contributed by atoms with Gasteiger partial charge in [0.05, 0.1) is 0 Å². The van der Waals surface area contributed by atoms with Crippen molar-refractivity contribution in [3.8, 4) is 0 Å². The van der Waals surface area contributed by atoms with Gasteiger partial charge in [0.1, 0.15) is 5.78 Å². The molecule has 0 aromatic heterocycles. The molecule has 2 unspecified atom stereocenters. The van der Waals surface area contributed by atoms with Gasteiger partial charge < -0.3 is 4.79 Å². The van der Waals surface area contributed by atoms with Crippen LogP contribution in [0.25, 0.3) is 0 Å². The predicted octanol–water partition coefficient (Wildman–Crippen LogP) is 3.59. The van der Waals surface area contributed by atoms with Crippen LogP contribution in [0.4, 0.5) is 0 Å². The van der Waals surface area contributed by atoms with E-state index in [1.807, 2.05) is 0 Å². The Morgan fingerprint density at radius 1 is 1.57 bits per heavy atom. The van der Waals surface area contributed by atoms with Gasteiger partial charge in [-0.2, -0.15) is 0 Å². The van der Waals surface area contributed by atoms with Gasteiger partial charge in [0.15, 0.2) is 0 Å². The predicted molar refractivity (Wildman–Crippen MR) is 60.1 cm³/mol. The van der Waals surface area contributed by atoms with Crippen LogP contribution in [0, 0.1) is 17.3 Å². The molecule has 1 aliphatic rings. The normalized spacial score (nSPS) is 31.1. The molecular formula is C13H22O. The second-order valence-electron chi connectivity index (χ2n) is 5.36. The summed E-state index contributed by atoms with van der Waals surface area (Å²) in [5.74, 6) is 1.43. The van der Waals surface area contributed by atoms with Crippen molar-refractivity contribution in [3.05, 3.63) is 11.6 Å². The third kappa shape index (κ3) is 2.08. The Kier molecular flexibility index (Phi) is 3.18. The second-order valence-corrected chi connectivity index (χ2v) is 5.36. The molecule has 0 aromatic rings. The van der Waals surface area contributed by atoms with E-state index in [1.165, 1.54) is 5.57 Å². The van der Waals surface area contributed by atoms with Gasteiger partial charge in [-0.3, -0.25) is 0 Å². The monoisotopic (exact) mass is 194 g/mol. The van der Waals surface area contributed by atoms with Crippen LogP contribution in [-0.2, 0) is 4.79 Å². The fraction of sp³-hybridized carbons (Fsp3) is 0.769. The van der Waals surface area contributed by atoms with E-state index in [-0.39, 0.29) is 5.41 Å². The minimum absolute atomic E-state index is 0.268. The average molecular weight is 194 g/mol. The number of hydrogen-bond donors (Lipinski definition) is 0. The van der Waals surface area contributed by atoms with Gasteiger partial charge >= 0.3 is 0 Å². The maximum absolute atomic E-state index is 11.2. The maximum Gasteiger partial charge on any atom is 0.130 e. The van der Waals surface area contributed by atoms with Crippen molar-refractivity contribution >= 4 is 5.78 Å². The van der Waals surface area contributed by atoms with Crippen LogP contribution in [0.1, 0.15) is 47.5 Å². The lowest BCUT2D eigenvalue weighted by Gasteiger charge is -2.43. The Hall–Kier alpha value is -0.590. The van der Waals surface area contributed by atoms with E-state index in [9.17, 15) is 4.79 Å². The number of carbonyl (C=O) groups is 1. The lowest BCUT2D eigenvalue weighted by atomic mass is 9.62. The zero-order valence-electron chi connectivity index (χ0n) is 10.1. The van der Waals surface area contributed by atoms with E-state index in [0.717, 1.165) is 6.42 Å². The van der Waals surface area contributed by atoms with Crippen molar-refractivity contribution in [1.82, 2.24) is 0 Å². The van der Waals surface area contributed by atoms with Crippen LogP contribution < -0.4 is 0 Å². The molecule has 0 aliphatic heterocycles. The number of Topliss-reactive ketones (excluding diaryl/α,β-unsaturated/α-hetero) is 1. The smallest absolute Gasteiger partial charge is 0.130 e. The minimum Gasteiger partial charge on any atom is -0.300 e. The fourth-order valence-electron chi connectivity index (χ4n) is 2.45. The fourth-order valence-corrected chi connectivity index (χ4v) is 2.45. The molecule has 0 saturated heterocycles. The van der Waals surface area contributed by atoms with Crippen molar-refractivity contribution in [2.45, 2.75) is 47.5 Å². The highest BCUT2D eigenvalue weighted by molar-refractivity contribution is 5.76. The van der Waals surface area contributed by atoms with Crippen LogP contribution >= 0.6 is 0 Å². The number of carbonyl (C=O) groups excluding carboxylic acids is 1. The Balaban J connectivity index is 2.92. The largest absolute Gasteiger partial charge is 0.300 e. The zero-order valence-corrected chi connectivity index (χ0v) is 10.1. The Bertz CT molecular complexity index is 260. The number of ketones is 1. The third-order valence-electron chi connectivity index (χ3n) is 4.00. The summed E-state index contributed by atoms with van der Waals surface area (Å²) >= 11 is 0. The van der Waals surface area contributed by atoms with Gasteiger partial charge in [-0.1, -0.05) is 32.4 Å². The van der Waals surface area contributed by atoms with E-state index in [0.29, 0.717) is 24.0 Å². The molecule has 1 aliphatic carbocycles. The van der Waals surface area contributed by atoms with Crippen LogP contribution in [0.15, 0.2) is 11.6 Å². The van der Waals surface area contributed by atoms with Gasteiger partial charge in [0, 0.05) is 6.42 Å². The molecule has 2 atom stereocenters. The SMILES string of the molecule is CC(=O)CC1C(C)=CCC(C)C1(C)C. The van der Waals surface area contributed by atoms with E-state index < -0.39 is 0 Å². The Morgan fingerprint density at radius 3 is 2.64 bits per heavy atom. The summed E-state index contributed by atoms with van der Waals surface area (Å²) in [6.45, 7) is 10.7. The Labute approximate surface area is 87.6 Å². The Morgan fingerprint density at radius 2 is 2.14 bits per heavy atom. The zero-order chi connectivity index (χ0) is 10.9. The van der Waals surface area contributed by atoms with Crippen molar-refractivity contribution < 1.29 is 4.79 Å². The highest BCUT2D eigenvalue weighted by atomic mass is 16.1. The van der Waals surface area contributed by atoms with Crippen LogP contribution in [0.2, 0.25) is 0 Å². The van der Waals surface area contributed by atoms with E-state index in [2.05, 4.69) is 33.8 Å². The quantitative estimate of drug-likeness (QED) is 0.614. The van der Waals surface area contributed by atoms with Gasteiger partial charge in [-0.05, 0) is 37.5 Å². The van der Waals surface area contributed by atoms with E-state index in [4.69, 9.17) is 0 Å². The number of hydrogen-bond acceptors (Lipinski definition) is 1. The van der Waals surface area contributed by atoms with E-state index in [1.54, 1.807) is 6.92 Å². The molecule has 0 amide bonds. The molecule has 80 valence electrons. The molecule has 1 nitrogen and oxygen atoms in total. The first kappa shape index (κ1) is 11.5. The van der Waals surface area contributed by atoms with Gasteiger partial charge in [-0.15, -0.1) is 0 Å². The first-order valence-corrected chi connectivity index (χ1v) is 5.51. The highest BCUT2D eigenvalue weighted by Crippen LogP contribution is 2.46. The van der Waals surface area contributed by atoms with Gasteiger partial charge in [-0.25, -0.2) is 0 Å². The van der Waals surface area contributed by atoms with Crippen LogP contribution in [0.5, 0.6) is 0 Å². The molecule has 14 heavy (non-hydrogen) atoms. The lowest BCUT2D eigenvalue weighted by Crippen LogP contribution is -2.35. The lowest BCUT2D eigenvalue weighted by molar-refractivity contribution is -0.118. The van der Waals surface area contributed by atoms with Crippen molar-refractivity contribution in [2.24, 2.45) is 17.3 Å².